The van der Waals surface area contributed by atoms with Gasteiger partial charge in [0.25, 0.3) is 0 Å². The Labute approximate surface area is 137 Å². The molecular formula is C19H26O4. The number of hydrogen-bond donors (Lipinski definition) is 4. The monoisotopic (exact) mass is 318 g/mol. The van der Waals surface area contributed by atoms with Crippen LogP contribution in [0.2, 0.25) is 0 Å². The lowest BCUT2D eigenvalue weighted by molar-refractivity contribution is 0.453. The lowest BCUT2D eigenvalue weighted by Crippen LogP contribution is -1.84. The molecule has 2 rings (SSSR count). The third-order valence-electron chi connectivity index (χ3n) is 3.45. The van der Waals surface area contributed by atoms with Gasteiger partial charge in [-0.05, 0) is 66.8 Å². The number of aryl methyl sites for hydroxylation is 2. The molecule has 0 aliphatic carbocycles. The van der Waals surface area contributed by atoms with Crippen LogP contribution < -0.4 is 0 Å². The third-order valence-corrected chi connectivity index (χ3v) is 3.45. The Balaban J connectivity index is 0.000000231. The minimum Gasteiger partial charge on any atom is -0.508 e. The molecule has 0 aliphatic rings. The Morgan fingerprint density at radius 3 is 1.57 bits per heavy atom. The molecular weight excluding hydrogens is 292 g/mol. The molecule has 0 radical (unpaired) electrons. The van der Waals surface area contributed by atoms with Crippen LogP contribution in [0.4, 0.5) is 0 Å². The molecule has 0 bridgehead atoms. The van der Waals surface area contributed by atoms with Crippen LogP contribution in [0, 0.1) is 0 Å². The van der Waals surface area contributed by atoms with Gasteiger partial charge in [-0.25, -0.2) is 0 Å². The predicted molar refractivity (Wildman–Crippen MR) is 92.2 cm³/mol. The number of hydrogen-bond acceptors (Lipinski definition) is 4. The molecule has 126 valence electrons. The number of phenols is 4. The predicted octanol–water partition coefficient (Wildman–Crippen LogP) is 4.49. The van der Waals surface area contributed by atoms with Crippen molar-refractivity contribution in [3.05, 3.63) is 47.5 Å². The molecule has 2 aromatic carbocycles. The fourth-order valence-electron chi connectivity index (χ4n) is 2.18. The highest BCUT2D eigenvalue weighted by Crippen LogP contribution is 2.24. The summed E-state index contributed by atoms with van der Waals surface area (Å²) in [5.41, 5.74) is 1.64. The van der Waals surface area contributed by atoms with E-state index in [0.29, 0.717) is 0 Å². The molecule has 0 amide bonds. The number of rotatable bonds is 5. The molecule has 0 aliphatic heterocycles. The summed E-state index contributed by atoms with van der Waals surface area (Å²) in [4.78, 5) is 0. The molecule has 0 saturated carbocycles. The first kappa shape index (κ1) is 18.7. The summed E-state index contributed by atoms with van der Waals surface area (Å²) < 4.78 is 0. The van der Waals surface area contributed by atoms with E-state index in [4.69, 9.17) is 10.2 Å². The van der Waals surface area contributed by atoms with Crippen molar-refractivity contribution >= 4 is 0 Å². The molecule has 0 unspecified atom stereocenters. The Kier molecular flexibility index (Phi) is 7.81. The maximum atomic E-state index is 9.35. The summed E-state index contributed by atoms with van der Waals surface area (Å²) in [7, 11) is 0. The third kappa shape index (κ3) is 6.51. The van der Waals surface area contributed by atoms with Crippen LogP contribution >= 0.6 is 0 Å². The second-order valence-electron chi connectivity index (χ2n) is 5.48. The standard InChI is InChI=1S/C10H14O2.C9H12O2/c1-2-3-4-8-7-9(11)5-6-10(8)12;1-2-3-7-6-8(10)4-5-9(7)11/h5-7,11-12H,2-4H2,1H3;4-6,10-11H,2-3H2,1H3. The maximum Gasteiger partial charge on any atom is 0.119 e. The van der Waals surface area contributed by atoms with Gasteiger partial charge in [-0.15, -0.1) is 0 Å². The number of unbranched alkanes of at least 4 members (excludes halogenated alkanes) is 1. The van der Waals surface area contributed by atoms with Gasteiger partial charge in [0, 0.05) is 0 Å². The summed E-state index contributed by atoms with van der Waals surface area (Å²) in [5, 5.41) is 36.8. The van der Waals surface area contributed by atoms with Gasteiger partial charge < -0.3 is 20.4 Å². The van der Waals surface area contributed by atoms with E-state index >= 15 is 0 Å². The highest BCUT2D eigenvalue weighted by molar-refractivity contribution is 5.39. The van der Waals surface area contributed by atoms with Crippen LogP contribution in [0.15, 0.2) is 36.4 Å². The normalized spacial score (nSPS) is 10.0. The van der Waals surface area contributed by atoms with E-state index in [1.165, 1.54) is 24.3 Å². The average Bonchev–Trinajstić information content (AvgIpc) is 2.53. The molecule has 0 saturated heterocycles. The van der Waals surface area contributed by atoms with Crippen LogP contribution in [-0.2, 0) is 12.8 Å². The van der Waals surface area contributed by atoms with Crippen LogP contribution in [0.5, 0.6) is 23.0 Å². The first-order chi connectivity index (χ1) is 11.0. The summed E-state index contributed by atoms with van der Waals surface area (Å²) in [6.07, 6.45) is 4.74. The van der Waals surface area contributed by atoms with Crippen LogP contribution in [0.1, 0.15) is 44.2 Å². The topological polar surface area (TPSA) is 80.9 Å². The Morgan fingerprint density at radius 1 is 0.652 bits per heavy atom. The van der Waals surface area contributed by atoms with Gasteiger partial charge in [-0.2, -0.15) is 0 Å². The fourth-order valence-corrected chi connectivity index (χ4v) is 2.18. The molecule has 4 nitrogen and oxygen atoms in total. The van der Waals surface area contributed by atoms with E-state index in [0.717, 1.165) is 43.2 Å². The molecule has 0 heterocycles. The molecule has 4 heteroatoms. The Bertz CT molecular complexity index is 608. The minimum absolute atomic E-state index is 0.214. The van der Waals surface area contributed by atoms with Gasteiger partial charge in [-0.1, -0.05) is 26.7 Å². The van der Waals surface area contributed by atoms with E-state index in [2.05, 4.69) is 6.92 Å². The smallest absolute Gasteiger partial charge is 0.119 e. The highest BCUT2D eigenvalue weighted by Gasteiger charge is 2.01. The number of aromatic hydroxyl groups is 4. The lowest BCUT2D eigenvalue weighted by atomic mass is 10.1. The van der Waals surface area contributed by atoms with Crippen LogP contribution in [-0.4, -0.2) is 20.4 Å². The lowest BCUT2D eigenvalue weighted by Gasteiger charge is -2.03. The summed E-state index contributed by atoms with van der Waals surface area (Å²) in [5.74, 6) is 0.982. The van der Waals surface area contributed by atoms with E-state index in [-0.39, 0.29) is 23.0 Å². The zero-order chi connectivity index (χ0) is 17.2. The summed E-state index contributed by atoms with van der Waals surface area (Å²) >= 11 is 0. The van der Waals surface area contributed by atoms with Gasteiger partial charge in [-0.3, -0.25) is 0 Å². The van der Waals surface area contributed by atoms with Gasteiger partial charge in [0.1, 0.15) is 23.0 Å². The minimum atomic E-state index is 0.214. The first-order valence-corrected chi connectivity index (χ1v) is 7.99. The van der Waals surface area contributed by atoms with Crippen molar-refractivity contribution in [3.63, 3.8) is 0 Å². The van der Waals surface area contributed by atoms with Crippen molar-refractivity contribution in [2.45, 2.75) is 46.0 Å². The molecule has 0 fully saturated rings. The van der Waals surface area contributed by atoms with Crippen molar-refractivity contribution in [1.29, 1.82) is 0 Å². The van der Waals surface area contributed by atoms with E-state index in [1.54, 1.807) is 12.1 Å². The van der Waals surface area contributed by atoms with E-state index < -0.39 is 0 Å². The molecule has 0 spiro atoms. The van der Waals surface area contributed by atoms with Crippen molar-refractivity contribution in [2.24, 2.45) is 0 Å². The van der Waals surface area contributed by atoms with Crippen molar-refractivity contribution < 1.29 is 20.4 Å². The Morgan fingerprint density at radius 2 is 1.13 bits per heavy atom. The van der Waals surface area contributed by atoms with E-state index in [1.807, 2.05) is 6.92 Å². The zero-order valence-electron chi connectivity index (χ0n) is 13.8. The SMILES string of the molecule is CCCCc1cc(O)ccc1O.CCCc1cc(O)ccc1O. The second-order valence-corrected chi connectivity index (χ2v) is 5.48. The molecule has 2 aromatic rings. The first-order valence-electron chi connectivity index (χ1n) is 7.99. The second kappa shape index (κ2) is 9.62. The van der Waals surface area contributed by atoms with Crippen LogP contribution in [0.3, 0.4) is 0 Å². The van der Waals surface area contributed by atoms with Gasteiger partial charge in [0.05, 0.1) is 0 Å². The van der Waals surface area contributed by atoms with Crippen LogP contribution in [0.25, 0.3) is 0 Å². The van der Waals surface area contributed by atoms with E-state index in [9.17, 15) is 10.2 Å². The van der Waals surface area contributed by atoms with Gasteiger partial charge >= 0.3 is 0 Å². The van der Waals surface area contributed by atoms with Gasteiger partial charge in [0.15, 0.2) is 0 Å². The van der Waals surface area contributed by atoms with Crippen molar-refractivity contribution in [1.82, 2.24) is 0 Å². The Hall–Kier alpha value is -2.36. The number of phenolic OH excluding ortho intramolecular Hbond substituents is 4. The molecule has 0 atom stereocenters. The molecule has 0 aromatic heterocycles. The van der Waals surface area contributed by atoms with Crippen molar-refractivity contribution in [2.75, 3.05) is 0 Å². The largest absolute Gasteiger partial charge is 0.508 e. The summed E-state index contributed by atoms with van der Waals surface area (Å²) in [6.45, 7) is 4.13. The highest BCUT2D eigenvalue weighted by atomic mass is 16.3. The fraction of sp³-hybridized carbons (Fsp3) is 0.368. The quantitative estimate of drug-likeness (QED) is 0.612. The number of benzene rings is 2. The maximum absolute atomic E-state index is 9.35. The molecule has 23 heavy (non-hydrogen) atoms. The van der Waals surface area contributed by atoms with Crippen molar-refractivity contribution in [3.8, 4) is 23.0 Å². The zero-order valence-corrected chi connectivity index (χ0v) is 13.8. The van der Waals surface area contributed by atoms with Gasteiger partial charge in [0.2, 0.25) is 0 Å². The summed E-state index contributed by atoms with van der Waals surface area (Å²) in [6, 6.07) is 9.23. The molecule has 4 N–H and O–H groups in total. The average molecular weight is 318 g/mol.